The Balaban J connectivity index is 1.17. The topological polar surface area (TPSA) is 107 Å². The summed E-state index contributed by atoms with van der Waals surface area (Å²) in [5.74, 6) is -0.642. The predicted molar refractivity (Wildman–Crippen MR) is 131 cm³/mol. The van der Waals surface area contributed by atoms with E-state index in [1.165, 1.54) is 28.1 Å². The highest BCUT2D eigenvalue weighted by molar-refractivity contribution is 7.89. The monoisotopic (exact) mass is 498 g/mol. The fourth-order valence-corrected chi connectivity index (χ4v) is 6.51. The molecule has 5 rings (SSSR count). The summed E-state index contributed by atoms with van der Waals surface area (Å²) in [6, 6.07) is 14.7. The molecule has 35 heavy (non-hydrogen) atoms. The third-order valence-corrected chi connectivity index (χ3v) is 8.88. The lowest BCUT2D eigenvalue weighted by atomic mass is 9.96. The Kier molecular flexibility index (Phi) is 6.77. The molecule has 0 atom stereocenters. The molecule has 10 heteroatoms. The van der Waals surface area contributed by atoms with Gasteiger partial charge in [0.15, 0.2) is 5.58 Å². The van der Waals surface area contributed by atoms with Crippen molar-refractivity contribution in [3.8, 4) is 0 Å². The molecule has 2 fully saturated rings. The molecule has 0 saturated carbocycles. The number of rotatable bonds is 5. The van der Waals surface area contributed by atoms with Gasteiger partial charge in [-0.05, 0) is 37.0 Å². The quantitative estimate of drug-likeness (QED) is 0.578. The van der Waals surface area contributed by atoms with Gasteiger partial charge in [0, 0.05) is 57.8 Å². The maximum absolute atomic E-state index is 13.2. The zero-order valence-electron chi connectivity index (χ0n) is 19.6. The Morgan fingerprint density at radius 3 is 2.51 bits per heavy atom. The van der Waals surface area contributed by atoms with Crippen LogP contribution in [-0.4, -0.2) is 72.7 Å². The Morgan fingerprint density at radius 2 is 1.74 bits per heavy atom. The Bertz CT molecular complexity index is 1340. The summed E-state index contributed by atoms with van der Waals surface area (Å²) in [7, 11) is -3.74. The molecule has 2 aliphatic rings. The van der Waals surface area contributed by atoms with Crippen molar-refractivity contribution in [2.24, 2.45) is 5.92 Å². The first-order valence-electron chi connectivity index (χ1n) is 12.1. The minimum absolute atomic E-state index is 0.0866. The first-order chi connectivity index (χ1) is 16.9. The molecule has 1 aromatic heterocycles. The molecule has 1 amide bonds. The Hall–Kier alpha value is -2.95. The predicted octanol–water partition coefficient (Wildman–Crippen LogP) is 2.26. The van der Waals surface area contributed by atoms with E-state index in [9.17, 15) is 18.0 Å². The van der Waals surface area contributed by atoms with Crippen molar-refractivity contribution in [1.29, 1.82) is 0 Å². The van der Waals surface area contributed by atoms with E-state index in [1.54, 1.807) is 0 Å². The number of carbonyl (C=O) groups excluding carboxylic acids is 1. The minimum atomic E-state index is -3.74. The lowest BCUT2D eigenvalue weighted by Crippen LogP contribution is -2.45. The van der Waals surface area contributed by atoms with Crippen LogP contribution < -0.4 is 5.76 Å². The third-order valence-electron chi connectivity index (χ3n) is 6.98. The van der Waals surface area contributed by atoms with Crippen LogP contribution in [0.2, 0.25) is 0 Å². The van der Waals surface area contributed by atoms with E-state index >= 15 is 0 Å². The summed E-state index contributed by atoms with van der Waals surface area (Å²) < 4.78 is 32.7. The van der Waals surface area contributed by atoms with Gasteiger partial charge in [-0.25, -0.2) is 13.2 Å². The van der Waals surface area contributed by atoms with Gasteiger partial charge in [-0.2, -0.15) is 4.31 Å². The number of benzene rings is 2. The van der Waals surface area contributed by atoms with E-state index in [-0.39, 0.29) is 22.3 Å². The second-order valence-electron chi connectivity index (χ2n) is 9.29. The zero-order chi connectivity index (χ0) is 24.4. The number of hydrogen-bond donors (Lipinski definition) is 1. The molecule has 2 aromatic carbocycles. The third kappa shape index (κ3) is 5.19. The maximum atomic E-state index is 13.2. The van der Waals surface area contributed by atoms with Gasteiger partial charge in [-0.1, -0.05) is 30.3 Å². The summed E-state index contributed by atoms with van der Waals surface area (Å²) in [4.78, 5) is 31.6. The number of aromatic amines is 1. The Labute approximate surface area is 204 Å². The summed E-state index contributed by atoms with van der Waals surface area (Å²) >= 11 is 0. The van der Waals surface area contributed by atoms with Gasteiger partial charge in [0.1, 0.15) is 0 Å². The number of carbonyl (C=O) groups is 1. The number of sulfonamides is 1. The van der Waals surface area contributed by atoms with E-state index in [0.717, 1.165) is 32.6 Å². The summed E-state index contributed by atoms with van der Waals surface area (Å²) in [5.41, 5.74) is 1.94. The number of aromatic nitrogens is 1. The van der Waals surface area contributed by atoms with Crippen molar-refractivity contribution in [3.63, 3.8) is 0 Å². The first kappa shape index (κ1) is 23.8. The summed E-state index contributed by atoms with van der Waals surface area (Å²) in [6.45, 7) is 4.71. The summed E-state index contributed by atoms with van der Waals surface area (Å²) in [5, 5.41) is 0. The maximum Gasteiger partial charge on any atom is 0.417 e. The standard InChI is InChI=1S/C25H30N4O5S/c30-24(28-12-4-11-27(15-16-28)18-19-5-2-1-3-6-19)20-9-13-29(14-10-20)35(32,33)21-7-8-22-23(17-21)34-25(31)26-22/h1-3,5-8,17,20H,4,9-16,18H2,(H,26,31). The number of fused-ring (bicyclic) bond motifs is 1. The van der Waals surface area contributed by atoms with Gasteiger partial charge >= 0.3 is 5.76 Å². The van der Waals surface area contributed by atoms with Crippen molar-refractivity contribution < 1.29 is 17.6 Å². The van der Waals surface area contributed by atoms with Gasteiger partial charge in [0.25, 0.3) is 0 Å². The van der Waals surface area contributed by atoms with Crippen molar-refractivity contribution >= 4 is 27.0 Å². The van der Waals surface area contributed by atoms with Crippen LogP contribution in [0.3, 0.4) is 0 Å². The molecule has 0 unspecified atom stereocenters. The molecule has 2 saturated heterocycles. The number of amides is 1. The molecule has 0 radical (unpaired) electrons. The van der Waals surface area contributed by atoms with Gasteiger partial charge in [0.2, 0.25) is 15.9 Å². The normalized spacial score (nSPS) is 19.1. The molecule has 2 aliphatic heterocycles. The molecular formula is C25H30N4O5S. The van der Waals surface area contributed by atoms with Crippen molar-refractivity contribution in [2.75, 3.05) is 39.3 Å². The summed E-state index contributed by atoms with van der Waals surface area (Å²) in [6.07, 6.45) is 1.94. The fourth-order valence-electron chi connectivity index (χ4n) is 5.03. The van der Waals surface area contributed by atoms with Crippen LogP contribution in [0.4, 0.5) is 0 Å². The highest BCUT2D eigenvalue weighted by atomic mass is 32.2. The average molecular weight is 499 g/mol. The van der Waals surface area contributed by atoms with Crippen molar-refractivity contribution in [2.45, 2.75) is 30.7 Å². The largest absolute Gasteiger partial charge is 0.417 e. The molecule has 3 heterocycles. The molecule has 0 aliphatic carbocycles. The van der Waals surface area contributed by atoms with Gasteiger partial charge in [-0.3, -0.25) is 14.7 Å². The average Bonchev–Trinajstić information content (AvgIpc) is 3.09. The SMILES string of the molecule is O=C(C1CCN(S(=O)(=O)c2ccc3[nH]c(=O)oc3c2)CC1)N1CCCN(Cc2ccccc2)CC1. The van der Waals surface area contributed by atoms with Crippen LogP contribution in [0.1, 0.15) is 24.8 Å². The fraction of sp³-hybridized carbons (Fsp3) is 0.440. The van der Waals surface area contributed by atoms with Crippen LogP contribution >= 0.6 is 0 Å². The number of piperidine rings is 1. The van der Waals surface area contributed by atoms with Crippen LogP contribution in [0.15, 0.2) is 62.6 Å². The molecule has 0 spiro atoms. The second-order valence-corrected chi connectivity index (χ2v) is 11.2. The van der Waals surface area contributed by atoms with E-state index < -0.39 is 15.8 Å². The highest BCUT2D eigenvalue weighted by Gasteiger charge is 2.34. The molecular weight excluding hydrogens is 468 g/mol. The van der Waals surface area contributed by atoms with Crippen LogP contribution in [0.5, 0.6) is 0 Å². The lowest BCUT2D eigenvalue weighted by molar-refractivity contribution is -0.136. The molecule has 1 N–H and O–H groups in total. The van der Waals surface area contributed by atoms with Gasteiger partial charge in [0.05, 0.1) is 10.4 Å². The smallest absolute Gasteiger partial charge is 0.408 e. The van der Waals surface area contributed by atoms with E-state index in [2.05, 4.69) is 22.0 Å². The van der Waals surface area contributed by atoms with E-state index in [0.29, 0.717) is 38.0 Å². The molecule has 0 bridgehead atoms. The molecule has 186 valence electrons. The van der Waals surface area contributed by atoms with E-state index in [4.69, 9.17) is 4.42 Å². The minimum Gasteiger partial charge on any atom is -0.408 e. The highest BCUT2D eigenvalue weighted by Crippen LogP contribution is 2.27. The number of hydrogen-bond acceptors (Lipinski definition) is 6. The van der Waals surface area contributed by atoms with Gasteiger partial charge < -0.3 is 9.32 Å². The lowest BCUT2D eigenvalue weighted by Gasteiger charge is -2.33. The van der Waals surface area contributed by atoms with Crippen LogP contribution in [0, 0.1) is 5.92 Å². The second kappa shape index (κ2) is 9.96. The van der Waals surface area contributed by atoms with Crippen molar-refractivity contribution in [1.82, 2.24) is 19.1 Å². The number of H-pyrrole nitrogens is 1. The first-order valence-corrected chi connectivity index (χ1v) is 13.5. The number of nitrogens with zero attached hydrogens (tertiary/aromatic N) is 3. The molecule has 3 aromatic rings. The van der Waals surface area contributed by atoms with Crippen LogP contribution in [0.25, 0.3) is 11.1 Å². The number of nitrogens with one attached hydrogen (secondary N) is 1. The molecule has 9 nitrogen and oxygen atoms in total. The van der Waals surface area contributed by atoms with E-state index in [1.807, 2.05) is 23.1 Å². The zero-order valence-corrected chi connectivity index (χ0v) is 20.4. The Morgan fingerprint density at radius 1 is 0.971 bits per heavy atom. The van der Waals surface area contributed by atoms with Crippen molar-refractivity contribution in [3.05, 3.63) is 64.6 Å². The van der Waals surface area contributed by atoms with Crippen LogP contribution in [-0.2, 0) is 21.4 Å². The number of oxazole rings is 1. The van der Waals surface area contributed by atoms with Gasteiger partial charge in [-0.15, -0.1) is 0 Å².